The molecule has 1 aromatic heterocycles. The zero-order valence-corrected chi connectivity index (χ0v) is 12.4. The van der Waals surface area contributed by atoms with Crippen LogP contribution >= 0.6 is 0 Å². The van der Waals surface area contributed by atoms with Gasteiger partial charge in [-0.05, 0) is 19.3 Å². The van der Waals surface area contributed by atoms with Gasteiger partial charge in [0.15, 0.2) is 0 Å². The molecule has 2 amide bonds. The highest BCUT2D eigenvalue weighted by molar-refractivity contribution is 5.89. The third kappa shape index (κ3) is 7.01. The van der Waals surface area contributed by atoms with Crippen molar-refractivity contribution in [3.05, 3.63) is 12.4 Å². The molecule has 1 rings (SSSR count). The number of halogens is 3. The zero-order chi connectivity index (χ0) is 16.0. The first-order valence-electron chi connectivity index (χ1n) is 6.86. The van der Waals surface area contributed by atoms with Crippen LogP contribution in [0.15, 0.2) is 12.4 Å². The van der Waals surface area contributed by atoms with Gasteiger partial charge >= 0.3 is 12.2 Å². The van der Waals surface area contributed by atoms with Crippen molar-refractivity contribution >= 4 is 11.7 Å². The van der Waals surface area contributed by atoms with E-state index in [1.54, 1.807) is 0 Å². The number of alkyl halides is 3. The topological polar surface area (TPSA) is 59.0 Å². The van der Waals surface area contributed by atoms with Crippen molar-refractivity contribution in [3.8, 4) is 0 Å². The van der Waals surface area contributed by atoms with Crippen LogP contribution in [0.4, 0.5) is 23.7 Å². The Bertz CT molecular complexity index is 459. The molecule has 5 nitrogen and oxygen atoms in total. The number of rotatable bonds is 6. The Morgan fingerprint density at radius 2 is 2.10 bits per heavy atom. The van der Waals surface area contributed by atoms with E-state index in [4.69, 9.17) is 0 Å². The molecule has 1 heterocycles. The average Bonchev–Trinajstić information content (AvgIpc) is 2.72. The second-order valence-corrected chi connectivity index (χ2v) is 5.29. The number of carbonyl (C=O) groups is 1. The average molecular weight is 306 g/mol. The summed E-state index contributed by atoms with van der Waals surface area (Å²) in [6, 6.07) is -0.456. The van der Waals surface area contributed by atoms with Crippen molar-refractivity contribution < 1.29 is 18.0 Å². The summed E-state index contributed by atoms with van der Waals surface area (Å²) in [6.45, 7) is 4.88. The molecule has 0 aliphatic rings. The molecule has 2 atom stereocenters. The molecule has 1 aromatic rings. The summed E-state index contributed by atoms with van der Waals surface area (Å²) in [5, 5.41) is 8.76. The number of nitrogens with zero attached hydrogens (tertiary/aromatic N) is 2. The number of carbonyl (C=O) groups excluding carboxylic acids is 1. The summed E-state index contributed by atoms with van der Waals surface area (Å²) in [4.78, 5) is 11.7. The first-order chi connectivity index (χ1) is 9.69. The van der Waals surface area contributed by atoms with Gasteiger partial charge in [-0.25, -0.2) is 4.79 Å². The van der Waals surface area contributed by atoms with E-state index in [1.807, 2.05) is 6.92 Å². The van der Waals surface area contributed by atoms with Gasteiger partial charge in [-0.2, -0.15) is 18.3 Å². The molecule has 0 bridgehead atoms. The third-order valence-electron chi connectivity index (χ3n) is 3.06. The highest BCUT2D eigenvalue weighted by Crippen LogP contribution is 2.18. The Labute approximate surface area is 121 Å². The van der Waals surface area contributed by atoms with Gasteiger partial charge in [-0.3, -0.25) is 4.68 Å². The monoisotopic (exact) mass is 306 g/mol. The number of urea groups is 1. The van der Waals surface area contributed by atoms with Crippen LogP contribution in [0.2, 0.25) is 0 Å². The summed E-state index contributed by atoms with van der Waals surface area (Å²) >= 11 is 0. The Balaban J connectivity index is 2.44. The molecule has 0 aliphatic carbocycles. The van der Waals surface area contributed by atoms with E-state index in [0.29, 0.717) is 5.92 Å². The molecule has 0 saturated heterocycles. The van der Waals surface area contributed by atoms with Crippen LogP contribution in [0.1, 0.15) is 33.6 Å². The van der Waals surface area contributed by atoms with E-state index in [1.165, 1.54) is 6.20 Å². The number of aromatic nitrogens is 2. The fraction of sp³-hybridized carbons (Fsp3) is 0.692. The van der Waals surface area contributed by atoms with E-state index in [-0.39, 0.29) is 11.7 Å². The van der Waals surface area contributed by atoms with E-state index in [0.717, 1.165) is 23.7 Å². The maximum atomic E-state index is 12.2. The van der Waals surface area contributed by atoms with Crippen molar-refractivity contribution in [1.29, 1.82) is 0 Å². The first-order valence-corrected chi connectivity index (χ1v) is 6.86. The molecule has 0 saturated carbocycles. The van der Waals surface area contributed by atoms with Crippen LogP contribution < -0.4 is 10.6 Å². The standard InChI is InChI=1S/C13H21F3N4O/c1-4-9(2)5-10(3)18-12(21)19-11-6-17-20(7-11)8-13(14,15)16/h6-7,9-10H,4-5,8H2,1-3H3,(H2,18,19,21). The third-order valence-corrected chi connectivity index (χ3v) is 3.06. The van der Waals surface area contributed by atoms with E-state index >= 15 is 0 Å². The van der Waals surface area contributed by atoms with Crippen molar-refractivity contribution in [2.24, 2.45) is 5.92 Å². The number of nitrogens with one attached hydrogen (secondary N) is 2. The van der Waals surface area contributed by atoms with E-state index in [2.05, 4.69) is 29.6 Å². The normalized spacial score (nSPS) is 14.6. The second kappa shape index (κ2) is 7.33. The van der Waals surface area contributed by atoms with E-state index < -0.39 is 18.8 Å². The molecule has 2 N–H and O–H groups in total. The number of hydrogen-bond donors (Lipinski definition) is 2. The Kier molecular flexibility index (Phi) is 6.04. The molecule has 0 spiro atoms. The second-order valence-electron chi connectivity index (χ2n) is 5.29. The molecule has 21 heavy (non-hydrogen) atoms. The minimum atomic E-state index is -4.34. The molecule has 2 unspecified atom stereocenters. The largest absolute Gasteiger partial charge is 0.408 e. The quantitative estimate of drug-likeness (QED) is 0.846. The highest BCUT2D eigenvalue weighted by Gasteiger charge is 2.28. The lowest BCUT2D eigenvalue weighted by molar-refractivity contribution is -0.142. The van der Waals surface area contributed by atoms with Gasteiger partial charge < -0.3 is 10.6 Å². The van der Waals surface area contributed by atoms with Crippen LogP contribution in [0, 0.1) is 5.92 Å². The van der Waals surface area contributed by atoms with E-state index in [9.17, 15) is 18.0 Å². The fourth-order valence-electron chi connectivity index (χ4n) is 1.92. The zero-order valence-electron chi connectivity index (χ0n) is 12.4. The Morgan fingerprint density at radius 3 is 2.67 bits per heavy atom. The minimum Gasteiger partial charge on any atom is -0.335 e. The van der Waals surface area contributed by atoms with Crippen LogP contribution in [0.3, 0.4) is 0 Å². The van der Waals surface area contributed by atoms with Crippen molar-refractivity contribution in [3.63, 3.8) is 0 Å². The SMILES string of the molecule is CCC(C)CC(C)NC(=O)Nc1cnn(CC(F)(F)F)c1. The van der Waals surface area contributed by atoms with Gasteiger partial charge in [0.05, 0.1) is 11.9 Å². The van der Waals surface area contributed by atoms with Gasteiger partial charge in [0.25, 0.3) is 0 Å². The minimum absolute atomic E-state index is 0.00910. The smallest absolute Gasteiger partial charge is 0.335 e. The Morgan fingerprint density at radius 1 is 1.43 bits per heavy atom. The summed E-state index contributed by atoms with van der Waals surface area (Å²) in [5.41, 5.74) is 0.229. The first kappa shape index (κ1) is 17.3. The lowest BCUT2D eigenvalue weighted by Crippen LogP contribution is -2.36. The molecule has 0 aromatic carbocycles. The van der Waals surface area contributed by atoms with Crippen LogP contribution in [0.25, 0.3) is 0 Å². The predicted octanol–water partition coefficient (Wildman–Crippen LogP) is 3.39. The van der Waals surface area contributed by atoms with Crippen molar-refractivity contribution in [2.45, 2.75) is 52.4 Å². The maximum Gasteiger partial charge on any atom is 0.408 e. The summed E-state index contributed by atoms with van der Waals surface area (Å²) in [6.07, 6.45) is -0.136. The van der Waals surface area contributed by atoms with Gasteiger partial charge in [-0.1, -0.05) is 20.3 Å². The van der Waals surface area contributed by atoms with Crippen LogP contribution in [-0.4, -0.2) is 28.0 Å². The highest BCUT2D eigenvalue weighted by atomic mass is 19.4. The van der Waals surface area contributed by atoms with Gasteiger partial charge in [0, 0.05) is 12.2 Å². The number of amides is 2. The van der Waals surface area contributed by atoms with Crippen LogP contribution in [0.5, 0.6) is 0 Å². The summed E-state index contributed by atoms with van der Waals surface area (Å²) in [7, 11) is 0. The van der Waals surface area contributed by atoms with Crippen molar-refractivity contribution in [2.75, 3.05) is 5.32 Å². The molecular formula is C13H21F3N4O. The predicted molar refractivity (Wildman–Crippen MR) is 74.0 cm³/mol. The van der Waals surface area contributed by atoms with Gasteiger partial charge in [-0.15, -0.1) is 0 Å². The summed E-state index contributed by atoms with van der Waals surface area (Å²) < 4.78 is 37.3. The lowest BCUT2D eigenvalue weighted by Gasteiger charge is -2.17. The summed E-state index contributed by atoms with van der Waals surface area (Å²) in [5.74, 6) is 0.495. The molecule has 0 radical (unpaired) electrons. The molecule has 0 aliphatic heterocycles. The van der Waals surface area contributed by atoms with Gasteiger partial charge in [0.1, 0.15) is 6.54 Å². The Hall–Kier alpha value is -1.73. The van der Waals surface area contributed by atoms with Crippen LogP contribution in [-0.2, 0) is 6.54 Å². The molecule has 0 fully saturated rings. The molecular weight excluding hydrogens is 285 g/mol. The fourth-order valence-corrected chi connectivity index (χ4v) is 1.92. The maximum absolute atomic E-state index is 12.2. The molecule has 8 heteroatoms. The number of hydrogen-bond acceptors (Lipinski definition) is 2. The van der Waals surface area contributed by atoms with Crippen molar-refractivity contribution in [1.82, 2.24) is 15.1 Å². The number of anilines is 1. The lowest BCUT2D eigenvalue weighted by atomic mass is 10.0. The van der Waals surface area contributed by atoms with Gasteiger partial charge in [0.2, 0.25) is 0 Å². The molecule has 120 valence electrons.